The number of hydrogen-bond acceptors (Lipinski definition) is 7. The van der Waals surface area contributed by atoms with Gasteiger partial charge >= 0.3 is 0 Å². The number of hydrogen-bond donors (Lipinski definition) is 2. The van der Waals surface area contributed by atoms with E-state index in [1.807, 2.05) is 18.4 Å². The van der Waals surface area contributed by atoms with E-state index in [-0.39, 0.29) is 30.3 Å². The van der Waals surface area contributed by atoms with Crippen molar-refractivity contribution < 1.29 is 20.1 Å². The van der Waals surface area contributed by atoms with Gasteiger partial charge < -0.3 is 20.1 Å². The highest BCUT2D eigenvalue weighted by atomic mass is 32.1. The summed E-state index contributed by atoms with van der Waals surface area (Å²) in [7, 11) is 0. The number of nitrogens with zero attached hydrogens (tertiary/aromatic N) is 1. The van der Waals surface area contributed by atoms with E-state index in [0.29, 0.717) is 12.8 Å². The van der Waals surface area contributed by atoms with Gasteiger partial charge in [0, 0.05) is 33.1 Å². The van der Waals surface area contributed by atoms with Crippen molar-refractivity contribution in [3.05, 3.63) is 27.4 Å². The summed E-state index contributed by atoms with van der Waals surface area (Å²) in [5.74, 6) is -1.35. The molecule has 2 heterocycles. The molecule has 2 aliphatic rings. The topological polar surface area (TPSA) is 93.5 Å². The van der Waals surface area contributed by atoms with Crippen molar-refractivity contribution >= 4 is 28.6 Å². The first-order valence-electron chi connectivity index (χ1n) is 9.30. The van der Waals surface area contributed by atoms with Crippen LogP contribution in [-0.4, -0.2) is 33.9 Å². The number of fused-ring (bicyclic) bond motifs is 2. The molecule has 2 aliphatic carbocycles. The summed E-state index contributed by atoms with van der Waals surface area (Å²) in [5.41, 5.74) is 0.941. The lowest BCUT2D eigenvalue weighted by molar-refractivity contribution is -0.307. The Labute approximate surface area is 166 Å². The average molecular weight is 407 g/mol. The Hall–Kier alpha value is -1.28. The Kier molecular flexibility index (Phi) is 4.70. The van der Waals surface area contributed by atoms with Gasteiger partial charge in [-0.1, -0.05) is 13.8 Å². The summed E-state index contributed by atoms with van der Waals surface area (Å²) in [5, 5.41) is 37.4. The molecule has 0 aromatic carbocycles. The van der Waals surface area contributed by atoms with Gasteiger partial charge in [-0.3, -0.25) is 0 Å². The Bertz CT molecular complexity index is 848. The molecule has 4 rings (SSSR count). The van der Waals surface area contributed by atoms with E-state index >= 15 is 0 Å². The second-order valence-corrected chi connectivity index (χ2v) is 10.3. The zero-order chi connectivity index (χ0) is 19.4. The number of aliphatic hydroxyl groups is 2. The molecule has 146 valence electrons. The molecule has 27 heavy (non-hydrogen) atoms. The van der Waals surface area contributed by atoms with E-state index in [2.05, 4.69) is 12.3 Å². The minimum Gasteiger partial charge on any atom is -0.550 e. The van der Waals surface area contributed by atoms with Crippen LogP contribution in [0.1, 0.15) is 49.6 Å². The molecule has 2 aromatic rings. The molecule has 0 spiro atoms. The zero-order valence-corrected chi connectivity index (χ0v) is 17.1. The van der Waals surface area contributed by atoms with Crippen molar-refractivity contribution in [2.24, 2.45) is 16.7 Å². The molecule has 1 saturated carbocycles. The average Bonchev–Trinajstić information content (AvgIpc) is 3.29. The molecule has 5 atom stereocenters. The van der Waals surface area contributed by atoms with E-state index in [9.17, 15) is 20.1 Å². The third-order valence-corrected chi connectivity index (χ3v) is 8.86. The summed E-state index contributed by atoms with van der Waals surface area (Å²) < 4.78 is 0. The van der Waals surface area contributed by atoms with Crippen LogP contribution >= 0.6 is 22.7 Å². The first kappa shape index (κ1) is 19.1. The fourth-order valence-corrected chi connectivity index (χ4v) is 7.20. The van der Waals surface area contributed by atoms with Crippen molar-refractivity contribution in [2.45, 2.75) is 51.6 Å². The fourth-order valence-electron chi connectivity index (χ4n) is 5.32. The monoisotopic (exact) mass is 406 g/mol. The van der Waals surface area contributed by atoms with Gasteiger partial charge in [-0.15, -0.1) is 11.3 Å². The molecule has 7 heteroatoms. The van der Waals surface area contributed by atoms with Crippen LogP contribution in [0.4, 0.5) is 0 Å². The van der Waals surface area contributed by atoms with Gasteiger partial charge in [-0.05, 0) is 48.5 Å². The summed E-state index contributed by atoms with van der Waals surface area (Å²) in [6, 6.07) is 2.03. The van der Waals surface area contributed by atoms with Crippen LogP contribution in [-0.2, 0) is 11.2 Å². The zero-order valence-electron chi connectivity index (χ0n) is 15.5. The lowest BCUT2D eigenvalue weighted by Crippen LogP contribution is -2.57. The van der Waals surface area contributed by atoms with Crippen LogP contribution in [0.3, 0.4) is 0 Å². The molecule has 0 saturated heterocycles. The highest BCUT2D eigenvalue weighted by Gasteiger charge is 2.58. The van der Waals surface area contributed by atoms with Crippen molar-refractivity contribution in [3.8, 4) is 10.6 Å². The standard InChI is InChI=1S/C20H25NO4S2/c1-19-5-3-15(23)20(2,10-22)14(19)8-13-17(12(19)7-16(24)25)21-18(27-13)11-4-6-26-9-11/h4,6,9,12,14-15,22-23H,3,5,7-8,10H2,1-2H3,(H,24,25)/p-1/t12-,14+,15-,19+,20+/m1/s1. The van der Waals surface area contributed by atoms with Gasteiger partial charge in [0.25, 0.3) is 0 Å². The quantitative estimate of drug-likeness (QED) is 0.813. The molecule has 2 N–H and O–H groups in total. The summed E-state index contributed by atoms with van der Waals surface area (Å²) in [6.45, 7) is 3.93. The third kappa shape index (κ3) is 2.87. The Morgan fingerprint density at radius 1 is 1.44 bits per heavy atom. The van der Waals surface area contributed by atoms with Gasteiger partial charge in [-0.2, -0.15) is 11.3 Å². The Morgan fingerprint density at radius 2 is 2.22 bits per heavy atom. The molecule has 0 amide bonds. The molecule has 5 nitrogen and oxygen atoms in total. The molecule has 1 fully saturated rings. The van der Waals surface area contributed by atoms with Crippen molar-refractivity contribution in [1.29, 1.82) is 0 Å². The number of carbonyl (C=O) groups is 1. The SMILES string of the molecule is C[C@]1(CO)[C@H]2Cc3sc(-c4ccsc4)nc3[C@@H](CC(=O)[O-])[C@]2(C)CC[C@H]1O. The number of thiazole rings is 1. The highest BCUT2D eigenvalue weighted by Crippen LogP contribution is 2.62. The minimum atomic E-state index is -1.07. The molecule has 2 aromatic heterocycles. The van der Waals surface area contributed by atoms with E-state index in [1.54, 1.807) is 22.7 Å². The number of thiophene rings is 1. The van der Waals surface area contributed by atoms with E-state index < -0.39 is 17.5 Å². The molecule has 0 unspecified atom stereocenters. The summed E-state index contributed by atoms with van der Waals surface area (Å²) in [4.78, 5) is 17.5. The number of carboxylic acids is 1. The highest BCUT2D eigenvalue weighted by molar-refractivity contribution is 7.15. The van der Waals surface area contributed by atoms with Gasteiger partial charge in [-0.25, -0.2) is 4.98 Å². The fraction of sp³-hybridized carbons (Fsp3) is 0.600. The number of aromatic nitrogens is 1. The molecule has 0 aliphatic heterocycles. The van der Waals surface area contributed by atoms with Gasteiger partial charge in [0.15, 0.2) is 0 Å². The summed E-state index contributed by atoms with van der Waals surface area (Å²) >= 11 is 3.22. The van der Waals surface area contributed by atoms with Crippen LogP contribution in [0.5, 0.6) is 0 Å². The smallest absolute Gasteiger partial charge is 0.124 e. The van der Waals surface area contributed by atoms with Crippen LogP contribution in [0, 0.1) is 16.7 Å². The third-order valence-electron chi connectivity index (χ3n) is 7.03. The number of carbonyl (C=O) groups excluding carboxylic acids is 1. The lowest BCUT2D eigenvalue weighted by atomic mass is 9.47. The molecular weight excluding hydrogens is 382 g/mol. The van der Waals surface area contributed by atoms with Crippen LogP contribution in [0.15, 0.2) is 16.8 Å². The van der Waals surface area contributed by atoms with E-state index in [4.69, 9.17) is 4.98 Å². The summed E-state index contributed by atoms with van der Waals surface area (Å²) in [6.07, 6.45) is 1.33. The van der Waals surface area contributed by atoms with E-state index in [0.717, 1.165) is 27.6 Å². The number of rotatable bonds is 4. The van der Waals surface area contributed by atoms with Crippen molar-refractivity contribution in [1.82, 2.24) is 4.98 Å². The number of carboxylic acid groups (broad SMARTS) is 1. The van der Waals surface area contributed by atoms with Crippen molar-refractivity contribution in [2.75, 3.05) is 6.61 Å². The molecule has 0 bridgehead atoms. The maximum Gasteiger partial charge on any atom is 0.124 e. The number of aliphatic carboxylic acids is 1. The maximum atomic E-state index is 11.6. The molecular formula is C20H24NO4S2-. The second-order valence-electron chi connectivity index (χ2n) is 8.45. The van der Waals surface area contributed by atoms with Crippen molar-refractivity contribution in [3.63, 3.8) is 0 Å². The Morgan fingerprint density at radius 3 is 2.85 bits per heavy atom. The largest absolute Gasteiger partial charge is 0.550 e. The minimum absolute atomic E-state index is 0.00799. The first-order valence-corrected chi connectivity index (χ1v) is 11.1. The normalized spacial score (nSPS) is 35.5. The van der Waals surface area contributed by atoms with Crippen LogP contribution in [0.25, 0.3) is 10.6 Å². The van der Waals surface area contributed by atoms with E-state index in [1.165, 1.54) is 0 Å². The second kappa shape index (κ2) is 6.65. The Balaban J connectivity index is 1.85. The van der Waals surface area contributed by atoms with Crippen LogP contribution < -0.4 is 5.11 Å². The lowest BCUT2D eigenvalue weighted by Gasteiger charge is -2.58. The first-order chi connectivity index (χ1) is 12.8. The number of aliphatic hydroxyl groups excluding tert-OH is 2. The van der Waals surface area contributed by atoms with Gasteiger partial charge in [0.1, 0.15) is 5.01 Å². The predicted molar refractivity (Wildman–Crippen MR) is 104 cm³/mol. The predicted octanol–water partition coefficient (Wildman–Crippen LogP) is 2.43. The maximum absolute atomic E-state index is 11.6. The molecule has 0 radical (unpaired) electrons. The van der Waals surface area contributed by atoms with Gasteiger partial charge in [0.05, 0.1) is 18.4 Å². The van der Waals surface area contributed by atoms with Crippen LogP contribution in [0.2, 0.25) is 0 Å². The van der Waals surface area contributed by atoms with Gasteiger partial charge in [0.2, 0.25) is 0 Å².